The number of pyridine rings is 1. The minimum absolute atomic E-state index is 1.01. The van der Waals surface area contributed by atoms with E-state index in [9.17, 15) is 0 Å². The Morgan fingerprint density at radius 3 is 3.23 bits per heavy atom. The van der Waals surface area contributed by atoms with Gasteiger partial charge in [0.25, 0.3) is 0 Å². The van der Waals surface area contributed by atoms with Crippen LogP contribution in [0.3, 0.4) is 0 Å². The summed E-state index contributed by atoms with van der Waals surface area (Å²) in [5.41, 5.74) is 3.43. The van der Waals surface area contributed by atoms with Gasteiger partial charge in [0.2, 0.25) is 0 Å². The Balaban J connectivity index is 2.50. The molecule has 0 saturated heterocycles. The van der Waals surface area contributed by atoms with Gasteiger partial charge in [-0.1, -0.05) is 6.07 Å². The molecule has 0 N–H and O–H groups in total. The van der Waals surface area contributed by atoms with Crippen LogP contribution in [-0.2, 0) is 6.42 Å². The molecule has 1 aliphatic rings. The van der Waals surface area contributed by atoms with Crippen LogP contribution < -0.4 is 0 Å². The Morgan fingerprint density at radius 1 is 1.46 bits per heavy atom. The zero-order valence-corrected chi connectivity index (χ0v) is 7.33. The van der Waals surface area contributed by atoms with Crippen LogP contribution in [0.25, 0.3) is 5.57 Å². The Bertz CT molecular complexity index is 385. The predicted octanol–water partition coefficient (Wildman–Crippen LogP) is 2.32. The minimum Gasteiger partial charge on any atom is -0.261 e. The highest BCUT2D eigenvalue weighted by Crippen LogP contribution is 2.28. The molecule has 0 amide bonds. The van der Waals surface area contributed by atoms with E-state index in [1.165, 1.54) is 0 Å². The topological polar surface area (TPSA) is 36.7 Å². The SMILES string of the molecule is N#C/C=C1\CCCc2ncccc21. The Labute approximate surface area is 77.5 Å². The lowest BCUT2D eigenvalue weighted by atomic mass is 9.91. The van der Waals surface area contributed by atoms with Crippen molar-refractivity contribution in [2.45, 2.75) is 19.3 Å². The van der Waals surface area contributed by atoms with Gasteiger partial charge in [0.1, 0.15) is 0 Å². The number of nitriles is 1. The summed E-state index contributed by atoms with van der Waals surface area (Å²) in [6.07, 6.45) is 6.61. The highest BCUT2D eigenvalue weighted by atomic mass is 14.7. The standard InChI is InChI=1S/C11H10N2/c12-7-6-9-3-1-5-11-10(9)4-2-8-13-11/h2,4,6,8H,1,3,5H2/b9-6+. The average molecular weight is 170 g/mol. The first-order valence-corrected chi connectivity index (χ1v) is 4.45. The van der Waals surface area contributed by atoms with Crippen molar-refractivity contribution in [1.29, 1.82) is 5.26 Å². The number of allylic oxidation sites excluding steroid dienone is 2. The van der Waals surface area contributed by atoms with Crippen LogP contribution in [0.1, 0.15) is 24.1 Å². The molecule has 1 aromatic heterocycles. The fourth-order valence-corrected chi connectivity index (χ4v) is 1.74. The zero-order valence-electron chi connectivity index (χ0n) is 7.33. The molecule has 1 heterocycles. The lowest BCUT2D eigenvalue weighted by molar-refractivity contribution is 0.793. The van der Waals surface area contributed by atoms with E-state index in [4.69, 9.17) is 5.26 Å². The van der Waals surface area contributed by atoms with Crippen LogP contribution in [0.15, 0.2) is 24.4 Å². The van der Waals surface area contributed by atoms with E-state index in [1.807, 2.05) is 18.3 Å². The molecule has 13 heavy (non-hydrogen) atoms. The molecular formula is C11H10N2. The number of hydrogen-bond acceptors (Lipinski definition) is 2. The summed E-state index contributed by atoms with van der Waals surface area (Å²) in [4.78, 5) is 4.30. The second-order valence-electron chi connectivity index (χ2n) is 3.15. The second-order valence-corrected chi connectivity index (χ2v) is 3.15. The quantitative estimate of drug-likeness (QED) is 0.560. The average Bonchev–Trinajstić information content (AvgIpc) is 2.19. The largest absolute Gasteiger partial charge is 0.261 e. The van der Waals surface area contributed by atoms with Crippen molar-refractivity contribution in [1.82, 2.24) is 4.98 Å². The fraction of sp³-hybridized carbons (Fsp3) is 0.273. The highest BCUT2D eigenvalue weighted by molar-refractivity contribution is 5.70. The van der Waals surface area contributed by atoms with Crippen LogP contribution in [0.2, 0.25) is 0 Å². The molecule has 2 rings (SSSR count). The summed E-state index contributed by atoms with van der Waals surface area (Å²) < 4.78 is 0. The van der Waals surface area contributed by atoms with Gasteiger partial charge < -0.3 is 0 Å². The Hall–Kier alpha value is -1.62. The Morgan fingerprint density at radius 2 is 2.38 bits per heavy atom. The van der Waals surface area contributed by atoms with E-state index in [1.54, 1.807) is 6.08 Å². The highest BCUT2D eigenvalue weighted by Gasteiger charge is 2.13. The van der Waals surface area contributed by atoms with E-state index in [0.717, 1.165) is 36.1 Å². The molecule has 0 bridgehead atoms. The van der Waals surface area contributed by atoms with Crippen molar-refractivity contribution in [2.75, 3.05) is 0 Å². The molecule has 1 aromatic rings. The van der Waals surface area contributed by atoms with E-state index < -0.39 is 0 Å². The summed E-state index contributed by atoms with van der Waals surface area (Å²) in [6, 6.07) is 6.06. The second kappa shape index (κ2) is 3.40. The van der Waals surface area contributed by atoms with Crippen molar-refractivity contribution < 1.29 is 0 Å². The van der Waals surface area contributed by atoms with Crippen LogP contribution in [0.5, 0.6) is 0 Å². The molecule has 0 radical (unpaired) electrons. The van der Waals surface area contributed by atoms with E-state index in [2.05, 4.69) is 11.1 Å². The fourth-order valence-electron chi connectivity index (χ4n) is 1.74. The predicted molar refractivity (Wildman–Crippen MR) is 50.8 cm³/mol. The molecule has 2 nitrogen and oxygen atoms in total. The van der Waals surface area contributed by atoms with E-state index in [-0.39, 0.29) is 0 Å². The number of aryl methyl sites for hydroxylation is 1. The third-order valence-electron chi connectivity index (χ3n) is 2.33. The maximum Gasteiger partial charge on any atom is 0.0915 e. The number of nitrogens with zero attached hydrogens (tertiary/aromatic N) is 2. The summed E-state index contributed by atoms with van der Waals surface area (Å²) >= 11 is 0. The zero-order chi connectivity index (χ0) is 9.10. The minimum atomic E-state index is 1.01. The van der Waals surface area contributed by atoms with Gasteiger partial charge >= 0.3 is 0 Å². The summed E-state index contributed by atoms with van der Waals surface area (Å²) in [5, 5.41) is 8.60. The molecule has 0 aliphatic heterocycles. The van der Waals surface area contributed by atoms with Gasteiger partial charge in [-0.3, -0.25) is 4.98 Å². The monoisotopic (exact) mass is 170 g/mol. The van der Waals surface area contributed by atoms with Gasteiger partial charge in [-0.15, -0.1) is 0 Å². The molecule has 0 fully saturated rings. The molecule has 0 aromatic carbocycles. The summed E-state index contributed by atoms with van der Waals surface area (Å²) in [6.45, 7) is 0. The van der Waals surface area contributed by atoms with Crippen molar-refractivity contribution in [3.05, 3.63) is 35.7 Å². The lowest BCUT2D eigenvalue weighted by Crippen LogP contribution is -2.03. The van der Waals surface area contributed by atoms with Gasteiger partial charge in [-0.2, -0.15) is 5.26 Å². The molecule has 0 atom stereocenters. The molecule has 0 unspecified atom stereocenters. The van der Waals surface area contributed by atoms with Crippen LogP contribution >= 0.6 is 0 Å². The molecular weight excluding hydrogens is 160 g/mol. The third kappa shape index (κ3) is 1.46. The number of fused-ring (bicyclic) bond motifs is 1. The summed E-state index contributed by atoms with van der Waals surface area (Å²) in [5.74, 6) is 0. The summed E-state index contributed by atoms with van der Waals surface area (Å²) in [7, 11) is 0. The smallest absolute Gasteiger partial charge is 0.0915 e. The first-order valence-electron chi connectivity index (χ1n) is 4.45. The maximum absolute atomic E-state index is 8.60. The van der Waals surface area contributed by atoms with Crippen molar-refractivity contribution in [2.24, 2.45) is 0 Å². The van der Waals surface area contributed by atoms with E-state index in [0.29, 0.717) is 0 Å². The normalized spacial score (nSPS) is 17.9. The molecule has 0 spiro atoms. The maximum atomic E-state index is 8.60. The number of aromatic nitrogens is 1. The molecule has 1 aliphatic carbocycles. The first kappa shape index (κ1) is 8.00. The Kier molecular flexibility index (Phi) is 2.09. The molecule has 2 heteroatoms. The lowest BCUT2D eigenvalue weighted by Gasteiger charge is -2.16. The van der Waals surface area contributed by atoms with Gasteiger partial charge in [0.15, 0.2) is 0 Å². The van der Waals surface area contributed by atoms with Crippen molar-refractivity contribution >= 4 is 5.57 Å². The number of hydrogen-bond donors (Lipinski definition) is 0. The van der Waals surface area contributed by atoms with Gasteiger partial charge in [0.05, 0.1) is 6.07 Å². The first-order chi connectivity index (χ1) is 6.42. The van der Waals surface area contributed by atoms with Gasteiger partial charge in [-0.25, -0.2) is 0 Å². The third-order valence-corrected chi connectivity index (χ3v) is 2.33. The van der Waals surface area contributed by atoms with Crippen LogP contribution in [-0.4, -0.2) is 4.98 Å². The van der Waals surface area contributed by atoms with Gasteiger partial charge in [0, 0.05) is 18.0 Å². The van der Waals surface area contributed by atoms with Crippen molar-refractivity contribution in [3.63, 3.8) is 0 Å². The van der Waals surface area contributed by atoms with Crippen LogP contribution in [0.4, 0.5) is 0 Å². The van der Waals surface area contributed by atoms with Crippen LogP contribution in [0, 0.1) is 11.3 Å². The molecule has 64 valence electrons. The number of rotatable bonds is 0. The van der Waals surface area contributed by atoms with Crippen molar-refractivity contribution in [3.8, 4) is 6.07 Å². The van der Waals surface area contributed by atoms with E-state index >= 15 is 0 Å². The van der Waals surface area contributed by atoms with Gasteiger partial charge in [-0.05, 0) is 36.5 Å². The molecule has 0 saturated carbocycles.